The molecule has 0 aliphatic heterocycles. The summed E-state index contributed by atoms with van der Waals surface area (Å²) in [4.78, 5) is 4.14. The van der Waals surface area contributed by atoms with E-state index in [1.54, 1.807) is 18.3 Å². The van der Waals surface area contributed by atoms with Crippen molar-refractivity contribution in [2.75, 3.05) is 0 Å². The van der Waals surface area contributed by atoms with Crippen LogP contribution in [-0.4, -0.2) is 16.4 Å². The molecule has 0 amide bonds. The van der Waals surface area contributed by atoms with Crippen LogP contribution in [0, 0.1) is 0 Å². The fraction of sp³-hybridized carbons (Fsp3) is 0. The maximum absolute atomic E-state index is 5.81. The summed E-state index contributed by atoms with van der Waals surface area (Å²) >= 11 is 5.81. The molecule has 20 heavy (non-hydrogen) atoms. The Balaban J connectivity index is 1.79. The zero-order chi connectivity index (χ0) is 13.8. The van der Waals surface area contributed by atoms with Crippen molar-refractivity contribution >= 4 is 23.8 Å². The molecular formula is C15H10ClN3O. The van der Waals surface area contributed by atoms with E-state index in [2.05, 4.69) is 15.2 Å². The predicted molar refractivity (Wildman–Crippen MR) is 78.4 cm³/mol. The summed E-state index contributed by atoms with van der Waals surface area (Å²) in [5.74, 6) is 0.453. The van der Waals surface area contributed by atoms with Gasteiger partial charge in [-0.15, -0.1) is 5.10 Å². The van der Waals surface area contributed by atoms with Crippen molar-refractivity contribution in [2.45, 2.75) is 0 Å². The van der Waals surface area contributed by atoms with Gasteiger partial charge in [0.2, 0.25) is 5.89 Å². The molecule has 1 aromatic heterocycles. The van der Waals surface area contributed by atoms with Crippen molar-refractivity contribution in [3.63, 3.8) is 0 Å². The zero-order valence-corrected chi connectivity index (χ0v) is 11.2. The minimum Gasteiger partial charge on any atom is -0.402 e. The largest absolute Gasteiger partial charge is 0.402 e. The van der Waals surface area contributed by atoms with Crippen molar-refractivity contribution in [3.05, 3.63) is 65.2 Å². The van der Waals surface area contributed by atoms with E-state index in [1.807, 2.05) is 42.5 Å². The molecule has 0 fully saturated rings. The summed E-state index contributed by atoms with van der Waals surface area (Å²) in [7, 11) is 0. The molecule has 0 unspecified atom stereocenters. The van der Waals surface area contributed by atoms with Gasteiger partial charge in [0.25, 0.3) is 0 Å². The lowest BCUT2D eigenvalue weighted by atomic mass is 10.2. The molecule has 3 aromatic rings. The average Bonchev–Trinajstić information content (AvgIpc) is 2.97. The Morgan fingerprint density at radius 2 is 1.70 bits per heavy atom. The second kappa shape index (κ2) is 5.67. The highest BCUT2D eigenvalue weighted by Crippen LogP contribution is 2.20. The molecule has 0 aliphatic carbocycles. The van der Waals surface area contributed by atoms with Gasteiger partial charge >= 0.3 is 6.01 Å². The van der Waals surface area contributed by atoms with Gasteiger partial charge in [-0.2, -0.15) is 0 Å². The van der Waals surface area contributed by atoms with Crippen LogP contribution >= 0.6 is 11.6 Å². The Kier molecular flexibility index (Phi) is 3.56. The maximum Gasteiger partial charge on any atom is 0.342 e. The molecule has 1 heterocycles. The van der Waals surface area contributed by atoms with Crippen LogP contribution in [0.3, 0.4) is 0 Å². The summed E-state index contributed by atoms with van der Waals surface area (Å²) in [6.45, 7) is 0. The maximum atomic E-state index is 5.81. The molecule has 5 heteroatoms. The molecule has 98 valence electrons. The van der Waals surface area contributed by atoms with Crippen LogP contribution in [-0.2, 0) is 0 Å². The monoisotopic (exact) mass is 283 g/mol. The second-order valence-corrected chi connectivity index (χ2v) is 4.50. The van der Waals surface area contributed by atoms with E-state index >= 15 is 0 Å². The van der Waals surface area contributed by atoms with Crippen LogP contribution in [0.4, 0.5) is 6.01 Å². The molecule has 2 aromatic carbocycles. The number of hydrogen-bond acceptors (Lipinski definition) is 4. The van der Waals surface area contributed by atoms with Crippen molar-refractivity contribution in [3.8, 4) is 11.5 Å². The Bertz CT molecular complexity index is 720. The fourth-order valence-corrected chi connectivity index (χ4v) is 1.77. The molecule has 0 radical (unpaired) electrons. The van der Waals surface area contributed by atoms with Gasteiger partial charge in [0, 0.05) is 16.8 Å². The quantitative estimate of drug-likeness (QED) is 0.679. The zero-order valence-electron chi connectivity index (χ0n) is 10.4. The SMILES string of the molecule is Clc1ccc(/C=N/c2nnc(-c3ccccc3)o2)cc1. The molecule has 0 bridgehead atoms. The second-order valence-electron chi connectivity index (χ2n) is 4.07. The highest BCUT2D eigenvalue weighted by Gasteiger charge is 2.06. The lowest BCUT2D eigenvalue weighted by Crippen LogP contribution is -1.78. The number of aromatic nitrogens is 2. The molecule has 3 rings (SSSR count). The summed E-state index contributed by atoms with van der Waals surface area (Å²) in [6, 6.07) is 17.1. The molecule has 4 nitrogen and oxygen atoms in total. The Morgan fingerprint density at radius 3 is 2.45 bits per heavy atom. The van der Waals surface area contributed by atoms with Crippen molar-refractivity contribution in [1.29, 1.82) is 0 Å². The highest BCUT2D eigenvalue weighted by molar-refractivity contribution is 6.30. The summed E-state index contributed by atoms with van der Waals surface area (Å²) in [5.41, 5.74) is 1.78. The van der Waals surface area contributed by atoms with E-state index in [0.717, 1.165) is 11.1 Å². The van der Waals surface area contributed by atoms with E-state index in [0.29, 0.717) is 10.9 Å². The van der Waals surface area contributed by atoms with Crippen LogP contribution in [0.1, 0.15) is 5.56 Å². The topological polar surface area (TPSA) is 51.3 Å². The number of hydrogen-bond donors (Lipinski definition) is 0. The van der Waals surface area contributed by atoms with Gasteiger partial charge in [-0.1, -0.05) is 47.0 Å². The Hall–Kier alpha value is -2.46. The average molecular weight is 284 g/mol. The first-order valence-corrected chi connectivity index (χ1v) is 6.37. The Morgan fingerprint density at radius 1 is 0.950 bits per heavy atom. The Labute approximate surface area is 120 Å². The van der Waals surface area contributed by atoms with Gasteiger partial charge in [-0.3, -0.25) is 0 Å². The van der Waals surface area contributed by atoms with E-state index in [9.17, 15) is 0 Å². The molecule has 0 atom stereocenters. The summed E-state index contributed by atoms with van der Waals surface area (Å²) in [6.07, 6.45) is 1.65. The van der Waals surface area contributed by atoms with Crippen molar-refractivity contribution in [1.82, 2.24) is 10.2 Å². The molecule has 0 N–H and O–H groups in total. The number of halogens is 1. The van der Waals surface area contributed by atoms with Gasteiger partial charge in [0.1, 0.15) is 0 Å². The first-order valence-electron chi connectivity index (χ1n) is 6.00. The van der Waals surface area contributed by atoms with Crippen molar-refractivity contribution < 1.29 is 4.42 Å². The summed E-state index contributed by atoms with van der Waals surface area (Å²) < 4.78 is 5.47. The highest BCUT2D eigenvalue weighted by atomic mass is 35.5. The van der Waals surface area contributed by atoms with Crippen LogP contribution in [0.25, 0.3) is 11.5 Å². The third-order valence-corrected chi connectivity index (χ3v) is 2.88. The lowest BCUT2D eigenvalue weighted by Gasteiger charge is -1.92. The third kappa shape index (κ3) is 2.92. The van der Waals surface area contributed by atoms with Gasteiger partial charge in [-0.25, -0.2) is 4.99 Å². The van der Waals surface area contributed by atoms with Crippen molar-refractivity contribution in [2.24, 2.45) is 4.99 Å². The van der Waals surface area contributed by atoms with Gasteiger partial charge in [0.15, 0.2) is 0 Å². The molecular weight excluding hydrogens is 274 g/mol. The molecule has 0 saturated carbocycles. The van der Waals surface area contributed by atoms with Crippen LogP contribution in [0.5, 0.6) is 0 Å². The number of benzene rings is 2. The molecule has 0 spiro atoms. The van der Waals surface area contributed by atoms with E-state index in [4.69, 9.17) is 16.0 Å². The minimum absolute atomic E-state index is 0.221. The number of nitrogens with zero attached hydrogens (tertiary/aromatic N) is 3. The first-order chi connectivity index (χ1) is 9.81. The minimum atomic E-state index is 0.221. The molecule has 0 aliphatic rings. The first kappa shape index (κ1) is 12.6. The predicted octanol–water partition coefficient (Wildman–Crippen LogP) is 4.14. The normalized spacial score (nSPS) is 11.1. The standard InChI is InChI=1S/C15H10ClN3O/c16-13-8-6-11(7-9-13)10-17-15-19-18-14(20-15)12-4-2-1-3-5-12/h1-10H/b17-10+. The summed E-state index contributed by atoms with van der Waals surface area (Å²) in [5, 5.41) is 8.53. The number of aliphatic imine (C=N–C) groups is 1. The third-order valence-electron chi connectivity index (χ3n) is 2.63. The van der Waals surface area contributed by atoms with E-state index in [-0.39, 0.29) is 6.01 Å². The van der Waals surface area contributed by atoms with E-state index < -0.39 is 0 Å². The van der Waals surface area contributed by atoms with Crippen LogP contribution in [0.15, 0.2) is 64.0 Å². The van der Waals surface area contributed by atoms with Gasteiger partial charge in [-0.05, 0) is 29.8 Å². The van der Waals surface area contributed by atoms with Crippen LogP contribution in [0.2, 0.25) is 5.02 Å². The van der Waals surface area contributed by atoms with Gasteiger partial charge in [0.05, 0.1) is 0 Å². The van der Waals surface area contributed by atoms with Crippen LogP contribution < -0.4 is 0 Å². The molecule has 0 saturated heterocycles. The smallest absolute Gasteiger partial charge is 0.342 e. The van der Waals surface area contributed by atoms with E-state index in [1.165, 1.54) is 0 Å². The fourth-order valence-electron chi connectivity index (χ4n) is 1.64. The van der Waals surface area contributed by atoms with Gasteiger partial charge < -0.3 is 4.42 Å². The lowest BCUT2D eigenvalue weighted by molar-refractivity contribution is 0.580. The number of rotatable bonds is 3.